The fourth-order valence-corrected chi connectivity index (χ4v) is 5.76. The first-order chi connectivity index (χ1) is 13.5. The van der Waals surface area contributed by atoms with E-state index in [4.69, 9.17) is 5.73 Å². The second kappa shape index (κ2) is 6.53. The quantitative estimate of drug-likeness (QED) is 0.721. The third-order valence-corrected chi connectivity index (χ3v) is 6.97. The predicted octanol–water partition coefficient (Wildman–Crippen LogP) is 3.39. The summed E-state index contributed by atoms with van der Waals surface area (Å²) in [4.78, 5) is 21.8. The maximum atomic E-state index is 13.8. The Morgan fingerprint density at radius 3 is 2.86 bits per heavy atom. The molecule has 2 aliphatic rings. The standard InChI is InChI=1S/C21H21FN4OS/c1-25-9-13-10-26(11-16(13)18(25)12-4-2-5-14(22)8-12)20(27)15-6-3-7-17-19(15)28-21(23)24-17/h2-8,13,16,18H,9-11H2,1H3,(H2,23,24)/t13-,16+,18-/m0/s1. The zero-order valence-electron chi connectivity index (χ0n) is 15.5. The number of nitrogens with two attached hydrogens (primary N) is 1. The second-order valence-electron chi connectivity index (χ2n) is 7.78. The summed E-state index contributed by atoms with van der Waals surface area (Å²) in [6, 6.07) is 12.6. The molecule has 1 amide bonds. The van der Waals surface area contributed by atoms with E-state index in [1.165, 1.54) is 17.4 Å². The van der Waals surface area contributed by atoms with Gasteiger partial charge in [-0.2, -0.15) is 0 Å². The lowest BCUT2D eigenvalue weighted by molar-refractivity contribution is 0.0770. The molecular formula is C21H21FN4OS. The number of thiazole rings is 1. The fraction of sp³-hybridized carbons (Fsp3) is 0.333. The lowest BCUT2D eigenvalue weighted by Gasteiger charge is -2.27. The van der Waals surface area contributed by atoms with Crippen LogP contribution in [0.3, 0.4) is 0 Å². The molecule has 3 aromatic rings. The Morgan fingerprint density at radius 2 is 2.04 bits per heavy atom. The number of hydrogen-bond acceptors (Lipinski definition) is 5. The molecule has 5 rings (SSSR count). The first-order valence-electron chi connectivity index (χ1n) is 9.41. The Hall–Kier alpha value is -2.51. The molecule has 7 heteroatoms. The molecule has 0 unspecified atom stereocenters. The fourth-order valence-electron chi connectivity index (χ4n) is 4.92. The molecule has 2 saturated heterocycles. The van der Waals surface area contributed by atoms with Crippen molar-refractivity contribution in [2.24, 2.45) is 11.8 Å². The topological polar surface area (TPSA) is 62.5 Å². The van der Waals surface area contributed by atoms with Gasteiger partial charge in [0, 0.05) is 31.6 Å². The van der Waals surface area contributed by atoms with Crippen molar-refractivity contribution in [3.63, 3.8) is 0 Å². The maximum Gasteiger partial charge on any atom is 0.255 e. The first kappa shape index (κ1) is 17.6. The number of hydrogen-bond donors (Lipinski definition) is 1. The number of rotatable bonds is 2. The van der Waals surface area contributed by atoms with Crippen molar-refractivity contribution < 1.29 is 9.18 Å². The van der Waals surface area contributed by atoms with Gasteiger partial charge in [-0.15, -0.1) is 0 Å². The number of anilines is 1. The van der Waals surface area contributed by atoms with Gasteiger partial charge in [-0.1, -0.05) is 29.5 Å². The van der Waals surface area contributed by atoms with Gasteiger partial charge in [-0.3, -0.25) is 9.69 Å². The third-order valence-electron chi connectivity index (χ3n) is 6.03. The minimum atomic E-state index is -0.213. The van der Waals surface area contributed by atoms with E-state index in [1.54, 1.807) is 12.1 Å². The Kier molecular flexibility index (Phi) is 4.10. The van der Waals surface area contributed by atoms with Crippen LogP contribution >= 0.6 is 11.3 Å². The van der Waals surface area contributed by atoms with E-state index < -0.39 is 0 Å². The number of benzene rings is 2. The molecule has 2 aromatic carbocycles. The molecule has 2 N–H and O–H groups in total. The van der Waals surface area contributed by atoms with Crippen LogP contribution in [0.15, 0.2) is 42.5 Å². The predicted molar refractivity (Wildman–Crippen MR) is 109 cm³/mol. The number of halogens is 1. The number of likely N-dealkylation sites (tertiary alicyclic amines) is 2. The summed E-state index contributed by atoms with van der Waals surface area (Å²) in [6.45, 7) is 2.32. The number of nitrogen functional groups attached to an aromatic ring is 1. The maximum absolute atomic E-state index is 13.8. The van der Waals surface area contributed by atoms with E-state index in [0.717, 1.165) is 28.9 Å². The van der Waals surface area contributed by atoms with Crippen molar-refractivity contribution in [2.75, 3.05) is 32.4 Å². The van der Waals surface area contributed by atoms with E-state index >= 15 is 0 Å². The monoisotopic (exact) mass is 396 g/mol. The van der Waals surface area contributed by atoms with Gasteiger partial charge in [0.25, 0.3) is 5.91 Å². The molecular weight excluding hydrogens is 375 g/mol. The molecule has 5 nitrogen and oxygen atoms in total. The van der Waals surface area contributed by atoms with Gasteiger partial charge in [0.1, 0.15) is 5.82 Å². The number of nitrogens with zero attached hydrogens (tertiary/aromatic N) is 3. The number of amides is 1. The highest BCUT2D eigenvalue weighted by atomic mass is 32.1. The Labute approximate surface area is 166 Å². The second-order valence-corrected chi connectivity index (χ2v) is 8.81. The minimum absolute atomic E-state index is 0.0318. The molecule has 0 radical (unpaired) electrons. The number of carbonyl (C=O) groups is 1. The molecule has 28 heavy (non-hydrogen) atoms. The molecule has 3 heterocycles. The summed E-state index contributed by atoms with van der Waals surface area (Å²) in [5.41, 5.74) is 8.27. The molecule has 2 fully saturated rings. The Balaban J connectivity index is 1.43. The Morgan fingerprint density at radius 1 is 1.21 bits per heavy atom. The van der Waals surface area contributed by atoms with E-state index in [9.17, 15) is 9.18 Å². The smallest absolute Gasteiger partial charge is 0.255 e. The summed E-state index contributed by atoms with van der Waals surface area (Å²) < 4.78 is 14.6. The zero-order chi connectivity index (χ0) is 19.4. The van der Waals surface area contributed by atoms with Gasteiger partial charge in [-0.05, 0) is 42.8 Å². The van der Waals surface area contributed by atoms with Gasteiger partial charge in [-0.25, -0.2) is 9.37 Å². The largest absolute Gasteiger partial charge is 0.375 e. The van der Waals surface area contributed by atoms with Crippen LogP contribution in [-0.2, 0) is 0 Å². The third kappa shape index (κ3) is 2.77. The number of carbonyl (C=O) groups excluding carboxylic acids is 1. The lowest BCUT2D eigenvalue weighted by atomic mass is 9.89. The molecule has 0 bridgehead atoms. The van der Waals surface area contributed by atoms with E-state index in [0.29, 0.717) is 29.1 Å². The van der Waals surface area contributed by atoms with Crippen LogP contribution < -0.4 is 5.73 Å². The van der Waals surface area contributed by atoms with Gasteiger partial charge in [0.2, 0.25) is 0 Å². The van der Waals surface area contributed by atoms with Crippen LogP contribution in [0.25, 0.3) is 10.2 Å². The van der Waals surface area contributed by atoms with E-state index in [-0.39, 0.29) is 17.8 Å². The molecule has 0 aliphatic carbocycles. The average molecular weight is 396 g/mol. The van der Waals surface area contributed by atoms with Crippen LogP contribution in [0.4, 0.5) is 9.52 Å². The molecule has 1 aromatic heterocycles. The van der Waals surface area contributed by atoms with Gasteiger partial charge < -0.3 is 10.6 Å². The highest BCUT2D eigenvalue weighted by Crippen LogP contribution is 2.44. The van der Waals surface area contributed by atoms with Crippen molar-refractivity contribution >= 4 is 32.6 Å². The molecule has 144 valence electrons. The summed E-state index contributed by atoms with van der Waals surface area (Å²) in [5, 5.41) is 0.473. The van der Waals surface area contributed by atoms with Crippen molar-refractivity contribution in [3.05, 3.63) is 59.4 Å². The molecule has 3 atom stereocenters. The highest BCUT2D eigenvalue weighted by molar-refractivity contribution is 7.22. The van der Waals surface area contributed by atoms with Crippen molar-refractivity contribution in [1.29, 1.82) is 0 Å². The van der Waals surface area contributed by atoms with E-state index in [2.05, 4.69) is 16.9 Å². The summed E-state index contributed by atoms with van der Waals surface area (Å²) >= 11 is 1.36. The van der Waals surface area contributed by atoms with Crippen LogP contribution in [-0.4, -0.2) is 47.4 Å². The van der Waals surface area contributed by atoms with E-state index in [1.807, 2.05) is 29.2 Å². The summed E-state index contributed by atoms with van der Waals surface area (Å²) in [7, 11) is 2.08. The Bertz CT molecular complexity index is 1070. The zero-order valence-corrected chi connectivity index (χ0v) is 16.3. The summed E-state index contributed by atoms with van der Waals surface area (Å²) in [6.07, 6.45) is 0. The van der Waals surface area contributed by atoms with Crippen molar-refractivity contribution in [2.45, 2.75) is 6.04 Å². The first-order valence-corrected chi connectivity index (χ1v) is 10.2. The van der Waals surface area contributed by atoms with Gasteiger partial charge in [0.15, 0.2) is 5.13 Å². The average Bonchev–Trinajstić information content (AvgIpc) is 3.31. The summed E-state index contributed by atoms with van der Waals surface area (Å²) in [5.74, 6) is 0.522. The molecule has 0 spiro atoms. The SMILES string of the molecule is CN1C[C@H]2CN(C(=O)c3cccc4nc(N)sc34)C[C@H]2[C@@H]1c1cccc(F)c1. The normalized spacial score (nSPS) is 24.8. The lowest BCUT2D eigenvalue weighted by Crippen LogP contribution is -2.33. The number of aromatic nitrogens is 1. The van der Waals surface area contributed by atoms with Crippen molar-refractivity contribution in [3.8, 4) is 0 Å². The van der Waals surface area contributed by atoms with Crippen molar-refractivity contribution in [1.82, 2.24) is 14.8 Å². The van der Waals surface area contributed by atoms with Crippen LogP contribution in [0.5, 0.6) is 0 Å². The van der Waals surface area contributed by atoms with Crippen LogP contribution in [0.2, 0.25) is 0 Å². The molecule has 0 saturated carbocycles. The minimum Gasteiger partial charge on any atom is -0.375 e. The van der Waals surface area contributed by atoms with Crippen LogP contribution in [0, 0.1) is 17.7 Å². The van der Waals surface area contributed by atoms with Gasteiger partial charge in [0.05, 0.1) is 15.8 Å². The molecule has 2 aliphatic heterocycles. The number of fused-ring (bicyclic) bond motifs is 2. The van der Waals surface area contributed by atoms with Gasteiger partial charge >= 0.3 is 0 Å². The van der Waals surface area contributed by atoms with Crippen LogP contribution in [0.1, 0.15) is 22.0 Å². The highest BCUT2D eigenvalue weighted by Gasteiger charge is 2.47.